The smallest absolute Gasteiger partial charge is 0.343 e. The molecule has 0 spiro atoms. The minimum absolute atomic E-state index is 0.0940. The van der Waals surface area contributed by atoms with E-state index in [-0.39, 0.29) is 23.9 Å². The van der Waals surface area contributed by atoms with E-state index in [4.69, 9.17) is 38.1 Å². The molecule has 46 heavy (non-hydrogen) atoms. The van der Waals surface area contributed by atoms with Gasteiger partial charge < -0.3 is 33.2 Å². The number of benzene rings is 4. The van der Waals surface area contributed by atoms with Crippen LogP contribution in [0.2, 0.25) is 0 Å². The van der Waals surface area contributed by atoms with Gasteiger partial charge in [0.25, 0.3) is 5.56 Å². The van der Waals surface area contributed by atoms with E-state index in [1.165, 1.54) is 32.2 Å². The van der Waals surface area contributed by atoms with Crippen molar-refractivity contribution in [2.45, 2.75) is 6.92 Å². The molecular formula is C34H29N3O9. The second kappa shape index (κ2) is 12.9. The Morgan fingerprint density at radius 2 is 1.65 bits per heavy atom. The van der Waals surface area contributed by atoms with Crippen molar-refractivity contribution in [1.29, 1.82) is 0 Å². The highest BCUT2D eigenvalue weighted by Crippen LogP contribution is 2.41. The summed E-state index contributed by atoms with van der Waals surface area (Å²) in [7, 11) is 4.52. The molecule has 0 amide bonds. The molecule has 4 aromatic carbocycles. The van der Waals surface area contributed by atoms with Gasteiger partial charge >= 0.3 is 5.97 Å². The van der Waals surface area contributed by atoms with Crippen molar-refractivity contribution in [1.82, 2.24) is 9.66 Å². The van der Waals surface area contributed by atoms with Gasteiger partial charge in [0.05, 0.1) is 50.6 Å². The Bertz CT molecular complexity index is 2010. The number of rotatable bonds is 10. The SMILES string of the molecule is CCOc1cc(C=Nn2c(-c3cc(OC)c(OC)c(OC)c3)nc3ccccc3c2=O)ccc1OC(=O)c1ccc2c(c1)OCO2. The molecule has 6 rings (SSSR count). The number of nitrogens with zero attached hydrogens (tertiary/aromatic N) is 3. The van der Waals surface area contributed by atoms with Crippen LogP contribution in [0.4, 0.5) is 0 Å². The molecule has 0 saturated carbocycles. The number of carbonyl (C=O) groups excluding carboxylic acids is 1. The standard InChI is InChI=1S/C34H29N3O9/c1-5-43-27-14-20(10-12-26(27)46-34(39)21-11-13-25-28(15-21)45-19-44-25)18-35-37-32(36-24-9-7-6-8-23(24)33(37)38)22-16-29(40-2)31(42-4)30(17-22)41-3/h6-18H,5,19H2,1-4H3. The van der Waals surface area contributed by atoms with Crippen molar-refractivity contribution >= 4 is 23.1 Å². The molecule has 0 saturated heterocycles. The Balaban J connectivity index is 1.38. The Morgan fingerprint density at radius 1 is 0.891 bits per heavy atom. The largest absolute Gasteiger partial charge is 0.493 e. The van der Waals surface area contributed by atoms with E-state index in [2.05, 4.69) is 5.10 Å². The monoisotopic (exact) mass is 623 g/mol. The molecule has 5 aromatic rings. The number of ether oxygens (including phenoxy) is 7. The van der Waals surface area contributed by atoms with Crippen molar-refractivity contribution in [3.05, 3.63) is 94.3 Å². The van der Waals surface area contributed by atoms with Gasteiger partial charge in [0.1, 0.15) is 0 Å². The third-order valence-corrected chi connectivity index (χ3v) is 7.08. The van der Waals surface area contributed by atoms with Crippen molar-refractivity contribution in [2.75, 3.05) is 34.7 Å². The highest BCUT2D eigenvalue weighted by molar-refractivity contribution is 5.92. The van der Waals surface area contributed by atoms with Gasteiger partial charge in [0, 0.05) is 5.56 Å². The molecule has 0 atom stereocenters. The Hall–Kier alpha value is -6.04. The second-order valence-corrected chi connectivity index (χ2v) is 9.82. The molecule has 234 valence electrons. The first-order chi connectivity index (χ1) is 22.4. The van der Waals surface area contributed by atoms with Gasteiger partial charge in [0.2, 0.25) is 12.5 Å². The number of fused-ring (bicyclic) bond motifs is 2. The molecule has 12 heteroatoms. The fourth-order valence-corrected chi connectivity index (χ4v) is 4.89. The molecule has 0 radical (unpaired) electrons. The summed E-state index contributed by atoms with van der Waals surface area (Å²) < 4.78 is 39.9. The Morgan fingerprint density at radius 3 is 2.39 bits per heavy atom. The third kappa shape index (κ3) is 5.75. The summed E-state index contributed by atoms with van der Waals surface area (Å²) in [5, 5.41) is 4.93. The zero-order valence-electron chi connectivity index (χ0n) is 25.4. The first kappa shape index (κ1) is 30.0. The predicted octanol–water partition coefficient (Wildman–Crippen LogP) is 5.32. The lowest BCUT2D eigenvalue weighted by Gasteiger charge is -2.15. The molecule has 0 aliphatic carbocycles. The van der Waals surface area contributed by atoms with E-state index < -0.39 is 5.97 Å². The summed E-state index contributed by atoms with van der Waals surface area (Å²) in [5.74, 6) is 2.39. The summed E-state index contributed by atoms with van der Waals surface area (Å²) in [6.45, 7) is 2.22. The molecule has 12 nitrogen and oxygen atoms in total. The number of aromatic nitrogens is 2. The van der Waals surface area contributed by atoms with Crippen molar-refractivity contribution in [3.8, 4) is 51.6 Å². The van der Waals surface area contributed by atoms with Crippen LogP contribution >= 0.6 is 0 Å². The molecule has 1 aromatic heterocycles. The second-order valence-electron chi connectivity index (χ2n) is 9.82. The molecule has 0 N–H and O–H groups in total. The molecule has 1 aliphatic heterocycles. The van der Waals surface area contributed by atoms with Crippen LogP contribution in [0.15, 0.2) is 82.7 Å². The zero-order chi connectivity index (χ0) is 32.2. The number of para-hydroxylation sites is 1. The van der Waals surface area contributed by atoms with Crippen LogP contribution in [0.25, 0.3) is 22.3 Å². The first-order valence-electron chi connectivity index (χ1n) is 14.2. The minimum atomic E-state index is -0.593. The molecule has 1 aliphatic rings. The summed E-state index contributed by atoms with van der Waals surface area (Å²) in [4.78, 5) is 31.5. The molecule has 0 bridgehead atoms. The average Bonchev–Trinajstić information content (AvgIpc) is 3.56. The van der Waals surface area contributed by atoms with Gasteiger partial charge in [0.15, 0.2) is 40.3 Å². The first-order valence-corrected chi connectivity index (χ1v) is 14.2. The number of hydrogen-bond acceptors (Lipinski definition) is 11. The number of methoxy groups -OCH3 is 3. The summed E-state index contributed by atoms with van der Waals surface area (Å²) in [6, 6.07) is 20.1. The highest BCUT2D eigenvalue weighted by atomic mass is 16.7. The van der Waals surface area contributed by atoms with E-state index in [1.807, 2.05) is 6.92 Å². The fraction of sp³-hybridized carbons (Fsp3) is 0.176. The van der Waals surface area contributed by atoms with Crippen molar-refractivity contribution in [3.63, 3.8) is 0 Å². The lowest BCUT2D eigenvalue weighted by atomic mass is 10.1. The Labute approximate surface area is 263 Å². The van der Waals surface area contributed by atoms with Gasteiger partial charge in [-0.15, -0.1) is 0 Å². The maximum atomic E-state index is 13.7. The average molecular weight is 624 g/mol. The summed E-state index contributed by atoms with van der Waals surface area (Å²) >= 11 is 0. The van der Waals surface area contributed by atoms with Crippen molar-refractivity contribution in [2.24, 2.45) is 5.10 Å². The predicted molar refractivity (Wildman–Crippen MR) is 169 cm³/mol. The number of esters is 1. The van der Waals surface area contributed by atoms with Gasteiger partial charge in [-0.05, 0) is 73.2 Å². The maximum absolute atomic E-state index is 13.7. The number of carbonyl (C=O) groups is 1. The lowest BCUT2D eigenvalue weighted by molar-refractivity contribution is 0.0728. The normalized spacial score (nSPS) is 11.9. The van der Waals surface area contributed by atoms with Crippen LogP contribution in [0, 0.1) is 0 Å². The van der Waals surface area contributed by atoms with E-state index in [0.717, 1.165) is 0 Å². The molecule has 0 fully saturated rings. The van der Waals surface area contributed by atoms with Gasteiger partial charge in [-0.25, -0.2) is 9.78 Å². The van der Waals surface area contributed by atoms with E-state index in [0.29, 0.717) is 68.7 Å². The topological polar surface area (TPSA) is 129 Å². The van der Waals surface area contributed by atoms with Crippen LogP contribution < -0.4 is 38.7 Å². The number of hydrogen-bond donors (Lipinski definition) is 0. The fourth-order valence-electron chi connectivity index (χ4n) is 4.89. The summed E-state index contributed by atoms with van der Waals surface area (Å²) in [5.41, 5.74) is 1.48. The van der Waals surface area contributed by atoms with Gasteiger partial charge in [-0.1, -0.05) is 12.1 Å². The van der Waals surface area contributed by atoms with E-state index in [9.17, 15) is 9.59 Å². The molecular weight excluding hydrogens is 594 g/mol. The van der Waals surface area contributed by atoms with Gasteiger partial charge in [-0.3, -0.25) is 4.79 Å². The van der Waals surface area contributed by atoms with Gasteiger partial charge in [-0.2, -0.15) is 9.78 Å². The van der Waals surface area contributed by atoms with Crippen LogP contribution in [0.5, 0.6) is 40.2 Å². The molecule has 0 unspecified atom stereocenters. The van der Waals surface area contributed by atoms with Crippen LogP contribution in [0.1, 0.15) is 22.8 Å². The quantitative estimate of drug-likeness (QED) is 0.115. The molecule has 2 heterocycles. The highest BCUT2D eigenvalue weighted by Gasteiger charge is 2.21. The third-order valence-electron chi connectivity index (χ3n) is 7.08. The van der Waals surface area contributed by atoms with Crippen LogP contribution in [-0.2, 0) is 0 Å². The zero-order valence-corrected chi connectivity index (χ0v) is 25.4. The van der Waals surface area contributed by atoms with Crippen LogP contribution in [0.3, 0.4) is 0 Å². The van der Waals surface area contributed by atoms with E-state index in [1.54, 1.807) is 72.8 Å². The van der Waals surface area contributed by atoms with Crippen molar-refractivity contribution < 1.29 is 38.0 Å². The minimum Gasteiger partial charge on any atom is -0.493 e. The van der Waals surface area contributed by atoms with Crippen LogP contribution in [-0.4, -0.2) is 56.6 Å². The Kier molecular flexibility index (Phi) is 8.42. The summed E-state index contributed by atoms with van der Waals surface area (Å²) in [6.07, 6.45) is 1.49. The lowest BCUT2D eigenvalue weighted by Crippen LogP contribution is -2.20. The maximum Gasteiger partial charge on any atom is 0.343 e. The van der Waals surface area contributed by atoms with E-state index >= 15 is 0 Å².